The van der Waals surface area contributed by atoms with Gasteiger partial charge in [0.05, 0.1) is 0 Å². The van der Waals surface area contributed by atoms with Crippen molar-refractivity contribution in [3.05, 3.63) is 28.8 Å². The number of methoxy groups -OCH3 is 1. The summed E-state index contributed by atoms with van der Waals surface area (Å²) in [4.78, 5) is 5.01. The standard InChI is InChI=1S/C21H32N2O2/c1-5-23(6-2)20-9-11-22(12-10-20)16-19-15-18(8-7-13-25-4)14-17(3)21(19)24/h14-15,20,24H,5-6,9-13,16H2,1-4H3. The molecule has 138 valence electrons. The van der Waals surface area contributed by atoms with Crippen molar-refractivity contribution < 1.29 is 9.84 Å². The molecule has 2 rings (SSSR count). The van der Waals surface area contributed by atoms with Crippen LogP contribution in [0.25, 0.3) is 0 Å². The van der Waals surface area contributed by atoms with E-state index in [1.807, 2.05) is 19.1 Å². The Balaban J connectivity index is 2.02. The third kappa shape index (κ3) is 5.47. The minimum absolute atomic E-state index is 0.406. The highest BCUT2D eigenvalue weighted by Gasteiger charge is 2.23. The van der Waals surface area contributed by atoms with Crippen molar-refractivity contribution >= 4 is 0 Å². The number of ether oxygens (including phenoxy) is 1. The topological polar surface area (TPSA) is 35.9 Å². The number of benzene rings is 1. The predicted molar refractivity (Wildman–Crippen MR) is 103 cm³/mol. The molecule has 1 aliphatic heterocycles. The van der Waals surface area contributed by atoms with E-state index in [1.54, 1.807) is 7.11 Å². The largest absolute Gasteiger partial charge is 0.507 e. The molecule has 0 radical (unpaired) electrons. The van der Waals surface area contributed by atoms with E-state index in [2.05, 4.69) is 35.5 Å². The number of phenols is 1. The summed E-state index contributed by atoms with van der Waals surface area (Å²) in [6, 6.07) is 4.66. The highest BCUT2D eigenvalue weighted by Crippen LogP contribution is 2.27. The first-order valence-corrected chi connectivity index (χ1v) is 9.35. The van der Waals surface area contributed by atoms with E-state index in [0.29, 0.717) is 18.4 Å². The van der Waals surface area contributed by atoms with Gasteiger partial charge in [0.25, 0.3) is 0 Å². The van der Waals surface area contributed by atoms with Gasteiger partial charge in [-0.05, 0) is 63.6 Å². The first-order chi connectivity index (χ1) is 12.1. The Labute approximate surface area is 152 Å². The fraction of sp³-hybridized carbons (Fsp3) is 0.619. The summed E-state index contributed by atoms with van der Waals surface area (Å²) in [5.41, 5.74) is 2.81. The van der Waals surface area contributed by atoms with Gasteiger partial charge >= 0.3 is 0 Å². The third-order valence-electron chi connectivity index (χ3n) is 5.11. The summed E-state index contributed by atoms with van der Waals surface area (Å²) >= 11 is 0. The molecular weight excluding hydrogens is 312 g/mol. The van der Waals surface area contributed by atoms with Crippen molar-refractivity contribution in [3.8, 4) is 17.6 Å². The molecule has 0 spiro atoms. The van der Waals surface area contributed by atoms with Gasteiger partial charge in [-0.2, -0.15) is 0 Å². The molecule has 0 amide bonds. The normalized spacial score (nSPS) is 16.0. The van der Waals surface area contributed by atoms with Crippen LogP contribution >= 0.6 is 0 Å². The Morgan fingerprint density at radius 1 is 1.24 bits per heavy atom. The molecule has 0 bridgehead atoms. The molecule has 0 unspecified atom stereocenters. The van der Waals surface area contributed by atoms with Crippen LogP contribution in [0.1, 0.15) is 43.4 Å². The molecule has 1 aliphatic rings. The zero-order chi connectivity index (χ0) is 18.2. The van der Waals surface area contributed by atoms with E-state index in [0.717, 1.165) is 49.4 Å². The number of hydrogen-bond donors (Lipinski definition) is 1. The maximum Gasteiger partial charge on any atom is 0.123 e. The average Bonchev–Trinajstić information content (AvgIpc) is 2.62. The Hall–Kier alpha value is -1.54. The number of likely N-dealkylation sites (tertiary alicyclic amines) is 1. The van der Waals surface area contributed by atoms with E-state index < -0.39 is 0 Å². The molecule has 1 N–H and O–H groups in total. The lowest BCUT2D eigenvalue weighted by molar-refractivity contribution is 0.112. The molecule has 4 heteroatoms. The van der Waals surface area contributed by atoms with E-state index in [9.17, 15) is 5.11 Å². The maximum absolute atomic E-state index is 10.4. The van der Waals surface area contributed by atoms with Gasteiger partial charge < -0.3 is 14.7 Å². The van der Waals surface area contributed by atoms with E-state index in [4.69, 9.17) is 4.74 Å². The van der Waals surface area contributed by atoms with Crippen LogP contribution in [0.4, 0.5) is 0 Å². The van der Waals surface area contributed by atoms with E-state index in [1.165, 1.54) is 12.8 Å². The van der Waals surface area contributed by atoms with Crippen molar-refractivity contribution in [2.24, 2.45) is 0 Å². The van der Waals surface area contributed by atoms with Crippen LogP contribution in [-0.2, 0) is 11.3 Å². The number of piperidine rings is 1. The first-order valence-electron chi connectivity index (χ1n) is 9.35. The van der Waals surface area contributed by atoms with E-state index in [-0.39, 0.29) is 0 Å². The quantitative estimate of drug-likeness (QED) is 0.805. The lowest BCUT2D eigenvalue weighted by Crippen LogP contribution is -2.44. The van der Waals surface area contributed by atoms with Gasteiger partial charge in [-0.25, -0.2) is 0 Å². The first kappa shape index (κ1) is 19.8. The number of phenolic OH excluding ortho intramolecular Hbond substituents is 1. The molecule has 4 nitrogen and oxygen atoms in total. The average molecular weight is 344 g/mol. The summed E-state index contributed by atoms with van der Waals surface area (Å²) in [7, 11) is 1.64. The second-order valence-electron chi connectivity index (χ2n) is 6.76. The van der Waals surface area contributed by atoms with Crippen molar-refractivity contribution in [2.45, 2.75) is 46.2 Å². The maximum atomic E-state index is 10.4. The summed E-state index contributed by atoms with van der Waals surface area (Å²) in [5.74, 6) is 6.51. The zero-order valence-corrected chi connectivity index (χ0v) is 16.1. The van der Waals surface area contributed by atoms with Crippen molar-refractivity contribution in [3.63, 3.8) is 0 Å². The van der Waals surface area contributed by atoms with Crippen LogP contribution in [0, 0.1) is 18.8 Å². The van der Waals surface area contributed by atoms with Gasteiger partial charge in [-0.15, -0.1) is 0 Å². The summed E-state index contributed by atoms with van der Waals surface area (Å²) in [5, 5.41) is 10.4. The minimum Gasteiger partial charge on any atom is -0.507 e. The molecule has 0 aliphatic carbocycles. The number of aryl methyl sites for hydroxylation is 1. The fourth-order valence-corrected chi connectivity index (χ4v) is 3.68. The molecular formula is C21H32N2O2. The van der Waals surface area contributed by atoms with Crippen LogP contribution < -0.4 is 0 Å². The van der Waals surface area contributed by atoms with Crippen LogP contribution in [0.5, 0.6) is 5.75 Å². The number of hydrogen-bond acceptors (Lipinski definition) is 4. The molecule has 25 heavy (non-hydrogen) atoms. The summed E-state index contributed by atoms with van der Waals surface area (Å²) in [6.45, 7) is 12.1. The van der Waals surface area contributed by atoms with Gasteiger partial charge in [-0.1, -0.05) is 25.7 Å². The highest BCUT2D eigenvalue weighted by atomic mass is 16.5. The van der Waals surface area contributed by atoms with Gasteiger partial charge in [-0.3, -0.25) is 4.90 Å². The van der Waals surface area contributed by atoms with Gasteiger partial charge in [0, 0.05) is 30.8 Å². The molecule has 1 aromatic rings. The third-order valence-corrected chi connectivity index (χ3v) is 5.11. The Bertz CT molecular complexity index is 606. The van der Waals surface area contributed by atoms with Crippen molar-refractivity contribution in [1.29, 1.82) is 0 Å². The Morgan fingerprint density at radius 2 is 1.92 bits per heavy atom. The van der Waals surface area contributed by atoms with Crippen LogP contribution in [0.2, 0.25) is 0 Å². The summed E-state index contributed by atoms with van der Waals surface area (Å²) in [6.07, 6.45) is 2.41. The van der Waals surface area contributed by atoms with Crippen molar-refractivity contribution in [2.75, 3.05) is 39.9 Å². The number of rotatable bonds is 6. The minimum atomic E-state index is 0.406. The highest BCUT2D eigenvalue weighted by molar-refractivity contribution is 5.48. The zero-order valence-electron chi connectivity index (χ0n) is 16.1. The molecule has 1 aromatic carbocycles. The predicted octanol–water partition coefficient (Wildman–Crippen LogP) is 3.00. The Kier molecular flexibility index (Phi) is 7.77. The van der Waals surface area contributed by atoms with Gasteiger partial charge in [0.15, 0.2) is 0 Å². The lowest BCUT2D eigenvalue weighted by Gasteiger charge is -2.37. The van der Waals surface area contributed by atoms with Crippen LogP contribution in [-0.4, -0.2) is 60.8 Å². The SMILES string of the molecule is CCN(CC)C1CCN(Cc2cc(C#CCOC)cc(C)c2O)CC1. The van der Waals surface area contributed by atoms with Crippen LogP contribution in [0.15, 0.2) is 12.1 Å². The second kappa shape index (κ2) is 9.82. The molecule has 1 fully saturated rings. The number of aromatic hydroxyl groups is 1. The summed E-state index contributed by atoms with van der Waals surface area (Å²) < 4.78 is 4.98. The fourth-order valence-electron chi connectivity index (χ4n) is 3.68. The smallest absolute Gasteiger partial charge is 0.123 e. The molecule has 1 saturated heterocycles. The van der Waals surface area contributed by atoms with Crippen LogP contribution in [0.3, 0.4) is 0 Å². The molecule has 0 saturated carbocycles. The monoisotopic (exact) mass is 344 g/mol. The van der Waals surface area contributed by atoms with Gasteiger partial charge in [0.2, 0.25) is 0 Å². The molecule has 1 heterocycles. The second-order valence-corrected chi connectivity index (χ2v) is 6.76. The molecule has 0 aromatic heterocycles. The van der Waals surface area contributed by atoms with Gasteiger partial charge in [0.1, 0.15) is 12.4 Å². The number of nitrogens with zero attached hydrogens (tertiary/aromatic N) is 2. The Morgan fingerprint density at radius 3 is 2.52 bits per heavy atom. The van der Waals surface area contributed by atoms with E-state index >= 15 is 0 Å². The van der Waals surface area contributed by atoms with Crippen molar-refractivity contribution in [1.82, 2.24) is 9.80 Å². The molecule has 0 atom stereocenters. The lowest BCUT2D eigenvalue weighted by atomic mass is 10.0.